The molecule has 4 rings (SSSR count). The minimum absolute atomic E-state index is 0.0851. The number of hydrogen-bond acceptors (Lipinski definition) is 5. The van der Waals surface area contributed by atoms with Crippen LogP contribution in [0.5, 0.6) is 0 Å². The molecule has 126 valence electrons. The number of nitrogens with zero attached hydrogens (tertiary/aromatic N) is 4. The molecule has 0 spiro atoms. The van der Waals surface area contributed by atoms with E-state index in [-0.39, 0.29) is 12.2 Å². The minimum Gasteiger partial charge on any atom is -0.367 e. The molecule has 1 aromatic heterocycles. The average molecular weight is 324 g/mol. The van der Waals surface area contributed by atoms with Gasteiger partial charge in [0.1, 0.15) is 18.2 Å². The van der Waals surface area contributed by atoms with Crippen LogP contribution >= 0.6 is 0 Å². The van der Waals surface area contributed by atoms with Crippen LogP contribution in [0.3, 0.4) is 0 Å². The van der Waals surface area contributed by atoms with Gasteiger partial charge < -0.3 is 14.5 Å². The van der Waals surface area contributed by atoms with Crippen molar-refractivity contribution >= 4 is 5.82 Å². The Kier molecular flexibility index (Phi) is 4.21. The van der Waals surface area contributed by atoms with Crippen molar-refractivity contribution in [1.29, 1.82) is 0 Å². The molecule has 0 saturated carbocycles. The van der Waals surface area contributed by atoms with E-state index in [0.717, 1.165) is 38.4 Å². The second kappa shape index (κ2) is 6.49. The van der Waals surface area contributed by atoms with E-state index in [4.69, 9.17) is 4.74 Å². The lowest BCUT2D eigenvalue weighted by atomic mass is 10.0. The third-order valence-electron chi connectivity index (χ3n) is 4.90. The fourth-order valence-electron chi connectivity index (χ4n) is 3.71. The van der Waals surface area contributed by atoms with Crippen LogP contribution in [0.4, 0.5) is 5.82 Å². The quantitative estimate of drug-likeness (QED) is 0.849. The van der Waals surface area contributed by atoms with Crippen molar-refractivity contribution in [3.8, 4) is 0 Å². The molecule has 0 unspecified atom stereocenters. The summed E-state index contributed by atoms with van der Waals surface area (Å²) in [6.45, 7) is 5.84. The fourth-order valence-corrected chi connectivity index (χ4v) is 3.71. The summed E-state index contributed by atoms with van der Waals surface area (Å²) < 4.78 is 6.19. The van der Waals surface area contributed by atoms with Crippen LogP contribution < -0.4 is 4.90 Å². The van der Waals surface area contributed by atoms with E-state index < -0.39 is 0 Å². The Morgan fingerprint density at radius 1 is 1.12 bits per heavy atom. The van der Waals surface area contributed by atoms with Crippen molar-refractivity contribution in [2.45, 2.75) is 32.1 Å². The maximum atomic E-state index is 6.19. The second-order valence-electron chi connectivity index (χ2n) is 6.86. The summed E-state index contributed by atoms with van der Waals surface area (Å²) in [5, 5.41) is 0. The van der Waals surface area contributed by atoms with E-state index >= 15 is 0 Å². The Bertz CT molecular complexity index is 706. The number of benzene rings is 1. The molecule has 2 atom stereocenters. The molecule has 24 heavy (non-hydrogen) atoms. The van der Waals surface area contributed by atoms with Gasteiger partial charge in [0, 0.05) is 38.2 Å². The van der Waals surface area contributed by atoms with Crippen LogP contribution in [-0.2, 0) is 17.7 Å². The first-order chi connectivity index (χ1) is 11.7. The smallest absolute Gasteiger partial charge is 0.136 e. The van der Waals surface area contributed by atoms with Gasteiger partial charge >= 0.3 is 0 Å². The molecule has 2 aliphatic rings. The molecule has 3 heterocycles. The third kappa shape index (κ3) is 3.01. The molecule has 2 aromatic rings. The monoisotopic (exact) mass is 324 g/mol. The zero-order chi connectivity index (χ0) is 16.5. The van der Waals surface area contributed by atoms with E-state index in [0.29, 0.717) is 0 Å². The number of aromatic nitrogens is 2. The molecular formula is C19H24N4O. The van der Waals surface area contributed by atoms with Crippen molar-refractivity contribution in [2.75, 3.05) is 31.6 Å². The SMILES string of the molecule is C[C@@H]1CN(c2ncnc3c2CN(C)CC3)C[C@@H](c2ccccc2)O1. The first-order valence-corrected chi connectivity index (χ1v) is 8.67. The predicted octanol–water partition coefficient (Wildman–Crippen LogP) is 2.43. The molecule has 0 bridgehead atoms. The van der Waals surface area contributed by atoms with Crippen molar-refractivity contribution in [1.82, 2.24) is 14.9 Å². The van der Waals surface area contributed by atoms with Crippen molar-refractivity contribution in [3.63, 3.8) is 0 Å². The summed E-state index contributed by atoms with van der Waals surface area (Å²) in [5.74, 6) is 1.09. The van der Waals surface area contributed by atoms with Crippen molar-refractivity contribution in [3.05, 3.63) is 53.5 Å². The van der Waals surface area contributed by atoms with Crippen LogP contribution in [0, 0.1) is 0 Å². The first kappa shape index (κ1) is 15.5. The van der Waals surface area contributed by atoms with Gasteiger partial charge in [-0.05, 0) is 19.5 Å². The van der Waals surface area contributed by atoms with Gasteiger partial charge in [0.05, 0.1) is 11.8 Å². The summed E-state index contributed by atoms with van der Waals surface area (Å²) in [4.78, 5) is 13.9. The maximum Gasteiger partial charge on any atom is 0.136 e. The van der Waals surface area contributed by atoms with Crippen LogP contribution in [0.25, 0.3) is 0 Å². The number of morpholine rings is 1. The highest BCUT2D eigenvalue weighted by Gasteiger charge is 2.30. The van der Waals surface area contributed by atoms with Crippen LogP contribution in [0.2, 0.25) is 0 Å². The van der Waals surface area contributed by atoms with E-state index in [9.17, 15) is 0 Å². The Balaban J connectivity index is 1.64. The van der Waals surface area contributed by atoms with E-state index in [1.165, 1.54) is 16.8 Å². The largest absolute Gasteiger partial charge is 0.367 e. The lowest BCUT2D eigenvalue weighted by Crippen LogP contribution is -2.44. The first-order valence-electron chi connectivity index (χ1n) is 8.67. The van der Waals surface area contributed by atoms with Crippen molar-refractivity contribution in [2.24, 2.45) is 0 Å². The summed E-state index contributed by atoms with van der Waals surface area (Å²) >= 11 is 0. The molecule has 0 radical (unpaired) electrons. The van der Waals surface area contributed by atoms with Gasteiger partial charge in [0.25, 0.3) is 0 Å². The molecular weight excluding hydrogens is 300 g/mol. The van der Waals surface area contributed by atoms with Crippen LogP contribution in [0.15, 0.2) is 36.7 Å². The van der Waals surface area contributed by atoms with Gasteiger partial charge in [0.2, 0.25) is 0 Å². The van der Waals surface area contributed by atoms with Gasteiger partial charge in [-0.25, -0.2) is 9.97 Å². The Morgan fingerprint density at radius 2 is 1.96 bits per heavy atom. The highest BCUT2D eigenvalue weighted by atomic mass is 16.5. The molecule has 1 fully saturated rings. The average Bonchev–Trinajstić information content (AvgIpc) is 2.61. The highest BCUT2D eigenvalue weighted by Crippen LogP contribution is 2.31. The van der Waals surface area contributed by atoms with Crippen molar-refractivity contribution < 1.29 is 4.74 Å². The molecule has 5 nitrogen and oxygen atoms in total. The second-order valence-corrected chi connectivity index (χ2v) is 6.86. The van der Waals surface area contributed by atoms with E-state index in [1.54, 1.807) is 6.33 Å². The predicted molar refractivity (Wildman–Crippen MR) is 94.0 cm³/mol. The zero-order valence-corrected chi connectivity index (χ0v) is 14.4. The zero-order valence-electron chi connectivity index (χ0n) is 14.4. The van der Waals surface area contributed by atoms with Gasteiger partial charge in [-0.1, -0.05) is 30.3 Å². The van der Waals surface area contributed by atoms with E-state index in [1.807, 2.05) is 6.07 Å². The standard InChI is InChI=1S/C19H24N4O/c1-14-10-23(12-18(24-14)15-6-4-3-5-7-15)19-16-11-22(2)9-8-17(16)20-13-21-19/h3-7,13-14,18H,8-12H2,1-2H3/t14-,18+/m1/s1. The molecule has 1 saturated heterocycles. The minimum atomic E-state index is 0.0851. The summed E-state index contributed by atoms with van der Waals surface area (Å²) in [6, 6.07) is 10.5. The topological polar surface area (TPSA) is 41.5 Å². The Morgan fingerprint density at radius 3 is 2.79 bits per heavy atom. The molecule has 1 aromatic carbocycles. The van der Waals surface area contributed by atoms with Crippen LogP contribution in [0.1, 0.15) is 29.8 Å². The molecule has 2 aliphatic heterocycles. The highest BCUT2D eigenvalue weighted by molar-refractivity contribution is 5.50. The fraction of sp³-hybridized carbons (Fsp3) is 0.474. The maximum absolute atomic E-state index is 6.19. The summed E-state index contributed by atoms with van der Waals surface area (Å²) in [6.07, 6.45) is 2.98. The molecule has 5 heteroatoms. The lowest BCUT2D eigenvalue weighted by molar-refractivity contribution is -0.0177. The summed E-state index contributed by atoms with van der Waals surface area (Å²) in [7, 11) is 2.16. The number of ether oxygens (including phenoxy) is 1. The Labute approximate surface area is 143 Å². The number of likely N-dealkylation sites (N-methyl/N-ethyl adjacent to an activating group) is 1. The normalized spacial score (nSPS) is 24.7. The Hall–Kier alpha value is -1.98. The lowest BCUT2D eigenvalue weighted by Gasteiger charge is -2.39. The number of rotatable bonds is 2. The van der Waals surface area contributed by atoms with Gasteiger partial charge in [-0.3, -0.25) is 0 Å². The molecule has 0 N–H and O–H groups in total. The van der Waals surface area contributed by atoms with E-state index in [2.05, 4.69) is 58.0 Å². The van der Waals surface area contributed by atoms with Gasteiger partial charge in [-0.2, -0.15) is 0 Å². The van der Waals surface area contributed by atoms with Gasteiger partial charge in [0.15, 0.2) is 0 Å². The van der Waals surface area contributed by atoms with Crippen LogP contribution in [-0.4, -0.2) is 47.7 Å². The summed E-state index contributed by atoms with van der Waals surface area (Å²) in [5.41, 5.74) is 3.72. The number of anilines is 1. The molecule has 0 amide bonds. The number of hydrogen-bond donors (Lipinski definition) is 0. The third-order valence-corrected chi connectivity index (χ3v) is 4.90. The van der Waals surface area contributed by atoms with Gasteiger partial charge in [-0.15, -0.1) is 0 Å². The number of fused-ring (bicyclic) bond motifs is 1. The molecule has 0 aliphatic carbocycles.